The van der Waals surface area contributed by atoms with Gasteiger partial charge in [-0.2, -0.15) is 0 Å². The first kappa shape index (κ1) is 19.2. The van der Waals surface area contributed by atoms with Crippen LogP contribution in [0.25, 0.3) is 16.7 Å². The van der Waals surface area contributed by atoms with E-state index in [1.54, 1.807) is 41.8 Å². The van der Waals surface area contributed by atoms with Gasteiger partial charge in [-0.15, -0.1) is 0 Å². The van der Waals surface area contributed by atoms with Gasteiger partial charge < -0.3 is 14.2 Å². The lowest BCUT2D eigenvalue weighted by atomic mass is 9.98. The Kier molecular flexibility index (Phi) is 4.86. The molecule has 29 heavy (non-hydrogen) atoms. The molecule has 0 aliphatic carbocycles. The summed E-state index contributed by atoms with van der Waals surface area (Å²) in [5, 5.41) is 0.401. The number of carbonyl (C=O) groups excluding carboxylic acids is 2. The Morgan fingerprint density at radius 3 is 2.86 bits per heavy atom. The largest absolute Gasteiger partial charge is 0.466 e. The number of ether oxygens (including phenoxy) is 1. The van der Waals surface area contributed by atoms with Crippen LogP contribution in [0.3, 0.4) is 0 Å². The molecule has 152 valence electrons. The van der Waals surface area contributed by atoms with Crippen LogP contribution >= 0.6 is 0 Å². The van der Waals surface area contributed by atoms with E-state index in [1.807, 2.05) is 13.0 Å². The van der Waals surface area contributed by atoms with Gasteiger partial charge in [0.25, 0.3) is 11.5 Å². The zero-order valence-corrected chi connectivity index (χ0v) is 16.8. The van der Waals surface area contributed by atoms with Gasteiger partial charge in [0, 0.05) is 26.3 Å². The first-order valence-electron chi connectivity index (χ1n) is 9.85. The van der Waals surface area contributed by atoms with Crippen LogP contribution in [0.1, 0.15) is 35.8 Å². The first-order valence-corrected chi connectivity index (χ1v) is 9.85. The lowest BCUT2D eigenvalue weighted by molar-refractivity contribution is -0.149. The average Bonchev–Trinajstić information content (AvgIpc) is 3.05. The van der Waals surface area contributed by atoms with Crippen LogP contribution in [0.4, 0.5) is 0 Å². The molecule has 0 saturated carbocycles. The lowest BCUT2D eigenvalue weighted by Crippen LogP contribution is -2.43. The van der Waals surface area contributed by atoms with E-state index in [-0.39, 0.29) is 23.4 Å². The van der Waals surface area contributed by atoms with Crippen LogP contribution < -0.4 is 5.56 Å². The minimum atomic E-state index is -0.309. The second kappa shape index (κ2) is 7.35. The number of amides is 1. The third-order valence-corrected chi connectivity index (χ3v) is 5.49. The molecule has 3 aromatic rings. The number of nitrogens with zero attached hydrogens (tertiary/aromatic N) is 4. The second-order valence-corrected chi connectivity index (χ2v) is 7.52. The molecule has 8 nitrogen and oxygen atoms in total. The lowest BCUT2D eigenvalue weighted by Gasteiger charge is -2.31. The predicted molar refractivity (Wildman–Crippen MR) is 108 cm³/mol. The smallest absolute Gasteiger partial charge is 0.310 e. The zero-order chi connectivity index (χ0) is 20.7. The zero-order valence-electron chi connectivity index (χ0n) is 16.8. The van der Waals surface area contributed by atoms with Crippen LogP contribution in [0.15, 0.2) is 29.2 Å². The summed E-state index contributed by atoms with van der Waals surface area (Å²) in [4.78, 5) is 44.5. The van der Waals surface area contributed by atoms with Gasteiger partial charge in [0.15, 0.2) is 0 Å². The van der Waals surface area contributed by atoms with E-state index in [4.69, 9.17) is 4.74 Å². The fourth-order valence-electron chi connectivity index (χ4n) is 3.96. The predicted octanol–water partition coefficient (Wildman–Crippen LogP) is 1.91. The summed E-state index contributed by atoms with van der Waals surface area (Å²) in [5.41, 5.74) is 2.15. The molecular weight excluding hydrogens is 372 g/mol. The fraction of sp³-hybridized carbons (Fsp3) is 0.429. The average molecular weight is 396 g/mol. The van der Waals surface area contributed by atoms with Gasteiger partial charge in [-0.1, -0.05) is 6.07 Å². The molecule has 4 rings (SSSR count). The van der Waals surface area contributed by atoms with E-state index >= 15 is 0 Å². The number of hydrogen-bond acceptors (Lipinski definition) is 5. The Morgan fingerprint density at radius 1 is 1.31 bits per heavy atom. The molecule has 0 bridgehead atoms. The van der Waals surface area contributed by atoms with E-state index in [0.717, 1.165) is 12.0 Å². The number of carbonyl (C=O) groups is 2. The van der Waals surface area contributed by atoms with Gasteiger partial charge >= 0.3 is 5.97 Å². The number of pyridine rings is 1. The van der Waals surface area contributed by atoms with Gasteiger partial charge in [-0.3, -0.25) is 18.8 Å². The van der Waals surface area contributed by atoms with Crippen molar-refractivity contribution in [1.29, 1.82) is 0 Å². The van der Waals surface area contributed by atoms with Gasteiger partial charge in [0.2, 0.25) is 0 Å². The van der Waals surface area contributed by atoms with E-state index in [9.17, 15) is 14.4 Å². The number of rotatable bonds is 3. The molecule has 8 heteroatoms. The normalized spacial score (nSPS) is 17.1. The molecule has 1 aliphatic rings. The molecule has 1 fully saturated rings. The van der Waals surface area contributed by atoms with Gasteiger partial charge in [0.05, 0.1) is 17.9 Å². The van der Waals surface area contributed by atoms with E-state index in [1.165, 1.54) is 4.40 Å². The molecule has 0 N–H and O–H groups in total. The number of aryl methyl sites for hydroxylation is 2. The van der Waals surface area contributed by atoms with Crippen molar-refractivity contribution in [2.75, 3.05) is 19.7 Å². The van der Waals surface area contributed by atoms with Crippen molar-refractivity contribution in [3.63, 3.8) is 0 Å². The minimum Gasteiger partial charge on any atom is -0.466 e. The molecule has 1 saturated heterocycles. The van der Waals surface area contributed by atoms with Crippen molar-refractivity contribution >= 4 is 28.6 Å². The topological polar surface area (TPSA) is 85.9 Å². The van der Waals surface area contributed by atoms with E-state index < -0.39 is 0 Å². The quantitative estimate of drug-likeness (QED) is 0.632. The Bertz CT molecular complexity index is 1180. The third-order valence-electron chi connectivity index (χ3n) is 5.49. The highest BCUT2D eigenvalue weighted by molar-refractivity contribution is 5.98. The summed E-state index contributed by atoms with van der Waals surface area (Å²) in [6, 6.07) is 5.29. The maximum Gasteiger partial charge on any atom is 0.310 e. The van der Waals surface area contributed by atoms with Crippen molar-refractivity contribution in [3.8, 4) is 0 Å². The molecule has 1 aliphatic heterocycles. The summed E-state index contributed by atoms with van der Waals surface area (Å²) in [7, 11) is 1.74. The van der Waals surface area contributed by atoms with E-state index in [2.05, 4.69) is 4.98 Å². The van der Waals surface area contributed by atoms with Crippen molar-refractivity contribution in [2.45, 2.75) is 26.7 Å². The molecule has 1 amide bonds. The van der Waals surface area contributed by atoms with Crippen LogP contribution in [0.5, 0.6) is 0 Å². The summed E-state index contributed by atoms with van der Waals surface area (Å²) < 4.78 is 8.28. The molecular formula is C21H24N4O4. The van der Waals surface area contributed by atoms with Crippen LogP contribution in [-0.2, 0) is 16.6 Å². The summed E-state index contributed by atoms with van der Waals surface area (Å²) in [6.07, 6.45) is 3.20. The fourth-order valence-corrected chi connectivity index (χ4v) is 3.96. The number of piperidine rings is 1. The van der Waals surface area contributed by atoms with Gasteiger partial charge in [0.1, 0.15) is 17.0 Å². The molecule has 0 unspecified atom stereocenters. The number of likely N-dealkylation sites (tertiary alicyclic amines) is 1. The monoisotopic (exact) mass is 396 g/mol. The van der Waals surface area contributed by atoms with Crippen molar-refractivity contribution < 1.29 is 14.3 Å². The molecule has 0 radical (unpaired) electrons. The summed E-state index contributed by atoms with van der Waals surface area (Å²) in [6.45, 7) is 4.91. The highest BCUT2D eigenvalue weighted by atomic mass is 16.5. The maximum absolute atomic E-state index is 13.2. The number of hydrogen-bond donors (Lipinski definition) is 0. The van der Waals surface area contributed by atoms with Crippen LogP contribution in [-0.4, -0.2) is 50.4 Å². The van der Waals surface area contributed by atoms with Crippen molar-refractivity contribution in [3.05, 3.63) is 46.0 Å². The first-order chi connectivity index (χ1) is 13.9. The van der Waals surface area contributed by atoms with Gasteiger partial charge in [-0.25, -0.2) is 4.98 Å². The molecule has 0 spiro atoms. The Labute approximate surface area is 167 Å². The summed E-state index contributed by atoms with van der Waals surface area (Å²) >= 11 is 0. The molecule has 0 aromatic carbocycles. The molecule has 3 aromatic heterocycles. The standard InChI is InChI=1S/C21H24N4O4/c1-4-29-21(28)14-6-5-9-24(12-14)20(27)16-10-15-18(23(16)3)22-17-8-7-13(2)11-25(17)19(15)26/h7-8,10-11,14H,4-6,9,12H2,1-3H3/t14-/m1/s1. The SMILES string of the molecule is CCOC(=O)[C@@H]1CCCN(C(=O)c2cc3c(=O)n4cc(C)ccc4nc3n2C)C1. The highest BCUT2D eigenvalue weighted by Gasteiger charge is 2.31. The maximum atomic E-state index is 13.2. The number of fused-ring (bicyclic) bond motifs is 2. The minimum absolute atomic E-state index is 0.202. The molecule has 1 atom stereocenters. The Morgan fingerprint density at radius 2 is 2.10 bits per heavy atom. The van der Waals surface area contributed by atoms with Crippen molar-refractivity contribution in [1.82, 2.24) is 18.9 Å². The Balaban J connectivity index is 1.72. The second-order valence-electron chi connectivity index (χ2n) is 7.52. The number of esters is 1. The Hall–Kier alpha value is -3.16. The number of aromatic nitrogens is 3. The molecule has 4 heterocycles. The summed E-state index contributed by atoms with van der Waals surface area (Å²) in [5.74, 6) is -0.774. The van der Waals surface area contributed by atoms with Crippen molar-refractivity contribution in [2.24, 2.45) is 13.0 Å². The van der Waals surface area contributed by atoms with Crippen LogP contribution in [0, 0.1) is 12.8 Å². The third kappa shape index (κ3) is 3.28. The van der Waals surface area contributed by atoms with Crippen LogP contribution in [0.2, 0.25) is 0 Å². The van der Waals surface area contributed by atoms with Gasteiger partial charge in [-0.05, 0) is 44.4 Å². The highest BCUT2D eigenvalue weighted by Crippen LogP contribution is 2.22. The van der Waals surface area contributed by atoms with E-state index in [0.29, 0.717) is 48.5 Å².